The highest BCUT2D eigenvalue weighted by Crippen LogP contribution is 2.40. The van der Waals surface area contributed by atoms with E-state index in [2.05, 4.69) is 20.4 Å². The Kier molecular flexibility index (Phi) is 6.53. The first kappa shape index (κ1) is 16.8. The zero-order valence-electron chi connectivity index (χ0n) is 8.92. The zero-order chi connectivity index (χ0) is 13.7. The quantitative estimate of drug-likeness (QED) is 0.410. The minimum atomic E-state index is -4.64. The van der Waals surface area contributed by atoms with Gasteiger partial charge in [0.15, 0.2) is 0 Å². The summed E-state index contributed by atoms with van der Waals surface area (Å²) in [5.41, 5.74) is 0. The molecule has 9 nitrogen and oxygen atoms in total. The first-order valence-corrected chi connectivity index (χ1v) is 7.30. The third-order valence-corrected chi connectivity index (χ3v) is 2.26. The van der Waals surface area contributed by atoms with Gasteiger partial charge in [-0.05, 0) is 6.92 Å². The number of ether oxygens (including phenoxy) is 1. The van der Waals surface area contributed by atoms with Crippen LogP contribution in [0.15, 0.2) is 12.3 Å². The summed E-state index contributed by atoms with van der Waals surface area (Å²) < 4.78 is 32.8. The fraction of sp³-hybridized carbons (Fsp3) is 0.667. The number of hydrogen-bond donors (Lipinski definition) is 4. The van der Waals surface area contributed by atoms with Crippen LogP contribution in [0.25, 0.3) is 0 Å². The third kappa shape index (κ3) is 15.8. The molecule has 0 aromatic carbocycles. The largest absolute Gasteiger partial charge is 0.487 e. The summed E-state index contributed by atoms with van der Waals surface area (Å²) in [5.74, 6) is 0.917. The number of phosphoric ester groups is 2. The second kappa shape index (κ2) is 6.63. The molecule has 1 saturated heterocycles. The highest BCUT2D eigenvalue weighted by molar-refractivity contribution is 7.46. The van der Waals surface area contributed by atoms with Crippen molar-refractivity contribution < 1.29 is 42.5 Å². The van der Waals surface area contributed by atoms with Crippen molar-refractivity contribution >= 4 is 15.6 Å². The molecule has 1 aliphatic heterocycles. The van der Waals surface area contributed by atoms with Gasteiger partial charge in [-0.2, -0.15) is 0 Å². The summed E-state index contributed by atoms with van der Waals surface area (Å²) in [6.07, 6.45) is -1.10. The predicted octanol–water partition coefficient (Wildman–Crippen LogP) is 0.124. The van der Waals surface area contributed by atoms with Crippen LogP contribution in [0, 0.1) is 0 Å². The number of epoxide rings is 1. The van der Waals surface area contributed by atoms with Crippen molar-refractivity contribution in [1.82, 2.24) is 0 Å². The molecule has 0 aliphatic carbocycles. The molecule has 1 rings (SSSR count). The summed E-state index contributed by atoms with van der Waals surface area (Å²) in [7, 11) is -9.25. The lowest BCUT2D eigenvalue weighted by molar-refractivity contribution is 0.0837. The molecule has 0 aromatic heterocycles. The lowest BCUT2D eigenvalue weighted by Crippen LogP contribution is -2.13. The molecular weight excluding hydrogens is 278 g/mol. The molecule has 1 unspecified atom stereocenters. The molecular formula is C6H14O9P2. The summed E-state index contributed by atoms with van der Waals surface area (Å²) in [4.78, 5) is 32.9. The Bertz CT molecular complexity index is 335. The van der Waals surface area contributed by atoms with Gasteiger partial charge in [0.05, 0.1) is 12.7 Å². The van der Waals surface area contributed by atoms with Gasteiger partial charge in [-0.25, -0.2) is 9.13 Å². The molecule has 0 amide bonds. The minimum Gasteiger partial charge on any atom is -0.487 e. The maximum Gasteiger partial charge on any atom is 0.469 e. The van der Waals surface area contributed by atoms with E-state index in [0.717, 1.165) is 12.4 Å². The van der Waals surface area contributed by atoms with E-state index in [1.54, 1.807) is 0 Å². The van der Waals surface area contributed by atoms with E-state index < -0.39 is 28.4 Å². The number of phosphoric acid groups is 2. The van der Waals surface area contributed by atoms with Crippen molar-refractivity contribution in [2.75, 3.05) is 13.2 Å². The molecule has 1 aliphatic rings. The van der Waals surface area contributed by atoms with E-state index in [1.807, 2.05) is 0 Å². The van der Waals surface area contributed by atoms with Crippen molar-refractivity contribution in [2.24, 2.45) is 0 Å². The number of hydrogen-bond acceptors (Lipinski definition) is 5. The SMILES string of the molecule is C=C1CO1.CC(COP(=O)(O)O)OP(=O)(O)O. The number of rotatable bonds is 5. The Morgan fingerprint density at radius 2 is 1.76 bits per heavy atom. The third-order valence-electron chi connectivity index (χ3n) is 1.14. The van der Waals surface area contributed by atoms with Gasteiger partial charge in [-0.3, -0.25) is 9.05 Å². The molecule has 0 saturated carbocycles. The van der Waals surface area contributed by atoms with Gasteiger partial charge in [0.25, 0.3) is 0 Å². The second-order valence-corrected chi connectivity index (χ2v) is 5.45. The Labute approximate surface area is 97.5 Å². The highest BCUT2D eigenvalue weighted by Gasteiger charge is 2.22. The van der Waals surface area contributed by atoms with Gasteiger partial charge in [0.2, 0.25) is 0 Å². The first-order chi connectivity index (χ1) is 7.49. The molecule has 4 N–H and O–H groups in total. The normalized spacial score (nSPS) is 16.6. The standard InChI is InChI=1S/C3H10O8P2.C3H4O/c1-3(11-13(7,8)9)2-10-12(4,5)6;1-3-2-4-3/h3H,2H2,1H3,(H2,4,5,6)(H2,7,8,9);1-2H2. The highest BCUT2D eigenvalue weighted by atomic mass is 31.2. The van der Waals surface area contributed by atoms with Crippen molar-refractivity contribution in [2.45, 2.75) is 13.0 Å². The molecule has 1 heterocycles. The van der Waals surface area contributed by atoms with Gasteiger partial charge < -0.3 is 24.3 Å². The summed E-state index contributed by atoms with van der Waals surface area (Å²) in [6.45, 7) is 4.84. The molecule has 1 atom stereocenters. The summed E-state index contributed by atoms with van der Waals surface area (Å²) in [5, 5.41) is 0. The minimum absolute atomic E-state index is 0.602. The summed E-state index contributed by atoms with van der Waals surface area (Å²) >= 11 is 0. The van der Waals surface area contributed by atoms with Crippen LogP contribution in [-0.4, -0.2) is 38.9 Å². The predicted molar refractivity (Wildman–Crippen MR) is 55.7 cm³/mol. The van der Waals surface area contributed by atoms with Gasteiger partial charge in [0, 0.05) is 0 Å². The van der Waals surface area contributed by atoms with Crippen molar-refractivity contribution in [3.63, 3.8) is 0 Å². The average molecular weight is 292 g/mol. The molecule has 17 heavy (non-hydrogen) atoms. The lowest BCUT2D eigenvalue weighted by Gasteiger charge is -2.13. The van der Waals surface area contributed by atoms with Crippen LogP contribution >= 0.6 is 15.6 Å². The fourth-order valence-electron chi connectivity index (χ4n) is 0.518. The fourth-order valence-corrected chi connectivity index (χ4v) is 1.45. The average Bonchev–Trinajstić information content (AvgIpc) is 2.81. The smallest absolute Gasteiger partial charge is 0.469 e. The van der Waals surface area contributed by atoms with E-state index in [9.17, 15) is 9.13 Å². The van der Waals surface area contributed by atoms with Crippen LogP contribution in [-0.2, 0) is 22.9 Å². The van der Waals surface area contributed by atoms with Crippen LogP contribution in [0.4, 0.5) is 0 Å². The van der Waals surface area contributed by atoms with Crippen molar-refractivity contribution in [3.05, 3.63) is 12.3 Å². The molecule has 11 heteroatoms. The maximum atomic E-state index is 10.2. The topological polar surface area (TPSA) is 146 Å². The molecule has 0 aromatic rings. The van der Waals surface area contributed by atoms with Crippen LogP contribution in [0.2, 0.25) is 0 Å². The van der Waals surface area contributed by atoms with E-state index in [1.165, 1.54) is 6.92 Å². The van der Waals surface area contributed by atoms with Gasteiger partial charge in [0.1, 0.15) is 12.4 Å². The Morgan fingerprint density at radius 1 is 1.35 bits per heavy atom. The van der Waals surface area contributed by atoms with Gasteiger partial charge >= 0.3 is 15.6 Å². The van der Waals surface area contributed by atoms with E-state index in [0.29, 0.717) is 0 Å². The lowest BCUT2D eigenvalue weighted by atomic mass is 10.5. The van der Waals surface area contributed by atoms with Crippen molar-refractivity contribution in [1.29, 1.82) is 0 Å². The van der Waals surface area contributed by atoms with Crippen LogP contribution in [0.1, 0.15) is 6.92 Å². The Hall–Kier alpha value is -0.240. The maximum absolute atomic E-state index is 10.2. The van der Waals surface area contributed by atoms with Crippen LogP contribution in [0.5, 0.6) is 0 Å². The van der Waals surface area contributed by atoms with E-state index in [4.69, 9.17) is 19.6 Å². The Balaban J connectivity index is 0.000000529. The van der Waals surface area contributed by atoms with E-state index >= 15 is 0 Å². The van der Waals surface area contributed by atoms with Crippen molar-refractivity contribution in [3.8, 4) is 0 Å². The monoisotopic (exact) mass is 292 g/mol. The van der Waals surface area contributed by atoms with Gasteiger partial charge in [-0.15, -0.1) is 0 Å². The summed E-state index contributed by atoms with van der Waals surface area (Å²) in [6, 6.07) is 0. The molecule has 1 fully saturated rings. The molecule has 102 valence electrons. The Morgan fingerprint density at radius 3 is 2.00 bits per heavy atom. The van der Waals surface area contributed by atoms with Gasteiger partial charge in [-0.1, -0.05) is 6.58 Å². The van der Waals surface area contributed by atoms with Crippen LogP contribution in [0.3, 0.4) is 0 Å². The van der Waals surface area contributed by atoms with Crippen LogP contribution < -0.4 is 0 Å². The second-order valence-electron chi connectivity index (χ2n) is 3.02. The first-order valence-electron chi connectivity index (χ1n) is 4.24. The van der Waals surface area contributed by atoms with E-state index in [-0.39, 0.29) is 0 Å². The molecule has 0 spiro atoms. The zero-order valence-corrected chi connectivity index (χ0v) is 10.7. The molecule has 0 radical (unpaired) electrons. The molecule has 0 bridgehead atoms.